The molecule has 0 aliphatic heterocycles. The molecule has 0 aliphatic carbocycles. The Morgan fingerprint density at radius 3 is 2.62 bits per heavy atom. The van der Waals surface area contributed by atoms with Gasteiger partial charge >= 0.3 is 0 Å². The van der Waals surface area contributed by atoms with E-state index in [0.29, 0.717) is 18.8 Å². The number of nitrogens with two attached hydrogens (primary N) is 2. The average molecular weight is 180 g/mol. The lowest BCUT2D eigenvalue weighted by Crippen LogP contribution is -2.04. The molecule has 0 radical (unpaired) electrons. The number of ether oxygens (including phenoxy) is 1. The van der Waals surface area contributed by atoms with Crippen molar-refractivity contribution in [3.63, 3.8) is 0 Å². The van der Waals surface area contributed by atoms with E-state index in [2.05, 4.69) is 0 Å². The molecule has 0 atom stereocenters. The van der Waals surface area contributed by atoms with Crippen LogP contribution in [0.2, 0.25) is 0 Å². The minimum absolute atomic E-state index is 0.686. The molecule has 1 aromatic rings. The Hall–Kier alpha value is -1.22. The average Bonchev–Trinajstić information content (AvgIpc) is 2.15. The fourth-order valence-electron chi connectivity index (χ4n) is 1.04. The van der Waals surface area contributed by atoms with Gasteiger partial charge in [0.25, 0.3) is 0 Å². The molecule has 0 saturated carbocycles. The van der Waals surface area contributed by atoms with Crippen molar-refractivity contribution in [1.82, 2.24) is 0 Å². The molecule has 4 N–H and O–H groups in total. The second-order valence-corrected chi connectivity index (χ2v) is 2.88. The van der Waals surface area contributed by atoms with Gasteiger partial charge in [-0.25, -0.2) is 0 Å². The lowest BCUT2D eigenvalue weighted by Gasteiger charge is -2.07. The first kappa shape index (κ1) is 9.86. The van der Waals surface area contributed by atoms with Crippen LogP contribution < -0.4 is 16.2 Å². The van der Waals surface area contributed by atoms with Gasteiger partial charge in [-0.2, -0.15) is 0 Å². The third kappa shape index (κ3) is 3.34. The van der Waals surface area contributed by atoms with E-state index in [9.17, 15) is 0 Å². The predicted molar refractivity (Wildman–Crippen MR) is 54.6 cm³/mol. The lowest BCUT2D eigenvalue weighted by atomic mass is 10.3. The summed E-state index contributed by atoms with van der Waals surface area (Å²) in [6, 6.07) is 7.51. The van der Waals surface area contributed by atoms with E-state index in [1.807, 2.05) is 24.3 Å². The summed E-state index contributed by atoms with van der Waals surface area (Å²) in [5, 5.41) is 0. The number of benzene rings is 1. The van der Waals surface area contributed by atoms with Crippen molar-refractivity contribution in [3.05, 3.63) is 24.3 Å². The number of rotatable bonds is 5. The Balaban J connectivity index is 2.32. The summed E-state index contributed by atoms with van der Waals surface area (Å²) >= 11 is 0. The molecule has 0 spiro atoms. The standard InChI is InChI=1S/C10H16N2O/c11-7-3-4-8-13-10-6-2-1-5-9(10)12/h1-2,5-6H,3-4,7-8,11-12H2. The van der Waals surface area contributed by atoms with E-state index >= 15 is 0 Å². The zero-order chi connectivity index (χ0) is 9.52. The third-order valence-corrected chi connectivity index (χ3v) is 1.78. The quantitative estimate of drug-likeness (QED) is 0.531. The molecule has 72 valence electrons. The molecule has 0 unspecified atom stereocenters. The van der Waals surface area contributed by atoms with Gasteiger partial charge in [-0.15, -0.1) is 0 Å². The molecule has 0 amide bonds. The number of nitrogen functional groups attached to an aromatic ring is 1. The van der Waals surface area contributed by atoms with Crippen LogP contribution in [0.25, 0.3) is 0 Å². The van der Waals surface area contributed by atoms with Crippen molar-refractivity contribution in [2.24, 2.45) is 5.73 Å². The Morgan fingerprint density at radius 1 is 1.15 bits per heavy atom. The summed E-state index contributed by atoms with van der Waals surface area (Å²) in [5.41, 5.74) is 11.7. The first-order valence-corrected chi connectivity index (χ1v) is 4.52. The van der Waals surface area contributed by atoms with Crippen LogP contribution in [0.3, 0.4) is 0 Å². The van der Waals surface area contributed by atoms with Crippen molar-refractivity contribution < 1.29 is 4.74 Å². The van der Waals surface area contributed by atoms with E-state index in [0.717, 1.165) is 18.6 Å². The van der Waals surface area contributed by atoms with E-state index in [1.165, 1.54) is 0 Å². The number of hydrogen-bond acceptors (Lipinski definition) is 3. The molecule has 0 bridgehead atoms. The lowest BCUT2D eigenvalue weighted by molar-refractivity contribution is 0.309. The largest absolute Gasteiger partial charge is 0.491 e. The van der Waals surface area contributed by atoms with Crippen LogP contribution in [0.4, 0.5) is 5.69 Å². The molecular weight excluding hydrogens is 164 g/mol. The van der Waals surface area contributed by atoms with Gasteiger partial charge in [-0.1, -0.05) is 12.1 Å². The van der Waals surface area contributed by atoms with Crippen LogP contribution in [-0.4, -0.2) is 13.2 Å². The van der Waals surface area contributed by atoms with Crippen LogP contribution in [0.5, 0.6) is 5.75 Å². The van der Waals surface area contributed by atoms with E-state index in [-0.39, 0.29) is 0 Å². The molecular formula is C10H16N2O. The molecule has 13 heavy (non-hydrogen) atoms. The fraction of sp³-hybridized carbons (Fsp3) is 0.400. The smallest absolute Gasteiger partial charge is 0.142 e. The fourth-order valence-corrected chi connectivity index (χ4v) is 1.04. The maximum atomic E-state index is 5.69. The predicted octanol–water partition coefficient (Wildman–Crippen LogP) is 1.39. The maximum Gasteiger partial charge on any atom is 0.142 e. The molecule has 0 heterocycles. The van der Waals surface area contributed by atoms with E-state index in [4.69, 9.17) is 16.2 Å². The molecule has 0 fully saturated rings. The highest BCUT2D eigenvalue weighted by atomic mass is 16.5. The highest BCUT2D eigenvalue weighted by Gasteiger charge is 1.96. The van der Waals surface area contributed by atoms with Gasteiger partial charge in [0.1, 0.15) is 5.75 Å². The Bertz CT molecular complexity index is 250. The Kier molecular flexibility index (Phi) is 4.12. The second-order valence-electron chi connectivity index (χ2n) is 2.88. The summed E-state index contributed by atoms with van der Waals surface area (Å²) in [6.45, 7) is 1.40. The number of unbranched alkanes of at least 4 members (excludes halogenated alkanes) is 1. The molecule has 0 saturated heterocycles. The topological polar surface area (TPSA) is 61.3 Å². The van der Waals surface area contributed by atoms with Gasteiger partial charge in [0.15, 0.2) is 0 Å². The van der Waals surface area contributed by atoms with Crippen molar-refractivity contribution in [3.8, 4) is 5.75 Å². The van der Waals surface area contributed by atoms with Gasteiger partial charge in [0.05, 0.1) is 12.3 Å². The highest BCUT2D eigenvalue weighted by molar-refractivity contribution is 5.51. The van der Waals surface area contributed by atoms with Crippen LogP contribution in [0.15, 0.2) is 24.3 Å². The summed E-state index contributed by atoms with van der Waals surface area (Å²) in [7, 11) is 0. The van der Waals surface area contributed by atoms with Crippen LogP contribution >= 0.6 is 0 Å². The van der Waals surface area contributed by atoms with E-state index < -0.39 is 0 Å². The summed E-state index contributed by atoms with van der Waals surface area (Å²) in [5.74, 6) is 0.763. The van der Waals surface area contributed by atoms with Gasteiger partial charge < -0.3 is 16.2 Å². The van der Waals surface area contributed by atoms with Crippen LogP contribution in [0, 0.1) is 0 Å². The number of para-hydroxylation sites is 2. The molecule has 0 aliphatic rings. The van der Waals surface area contributed by atoms with Gasteiger partial charge in [0.2, 0.25) is 0 Å². The van der Waals surface area contributed by atoms with Crippen molar-refractivity contribution in [2.45, 2.75) is 12.8 Å². The Morgan fingerprint density at radius 2 is 1.92 bits per heavy atom. The first-order chi connectivity index (χ1) is 6.34. The highest BCUT2D eigenvalue weighted by Crippen LogP contribution is 2.19. The van der Waals surface area contributed by atoms with Gasteiger partial charge in [-0.3, -0.25) is 0 Å². The number of anilines is 1. The molecule has 1 rings (SSSR count). The first-order valence-electron chi connectivity index (χ1n) is 4.52. The van der Waals surface area contributed by atoms with Gasteiger partial charge in [-0.05, 0) is 31.5 Å². The summed E-state index contributed by atoms with van der Waals surface area (Å²) in [6.07, 6.45) is 1.97. The zero-order valence-electron chi connectivity index (χ0n) is 7.70. The Labute approximate surface area is 78.7 Å². The minimum Gasteiger partial charge on any atom is -0.491 e. The molecule has 0 aromatic heterocycles. The monoisotopic (exact) mass is 180 g/mol. The van der Waals surface area contributed by atoms with Crippen LogP contribution in [0.1, 0.15) is 12.8 Å². The van der Waals surface area contributed by atoms with E-state index in [1.54, 1.807) is 0 Å². The third-order valence-electron chi connectivity index (χ3n) is 1.78. The minimum atomic E-state index is 0.686. The SMILES string of the molecule is NCCCCOc1ccccc1N. The van der Waals surface area contributed by atoms with Crippen molar-refractivity contribution in [1.29, 1.82) is 0 Å². The van der Waals surface area contributed by atoms with Crippen molar-refractivity contribution >= 4 is 5.69 Å². The molecule has 1 aromatic carbocycles. The van der Waals surface area contributed by atoms with Gasteiger partial charge in [0, 0.05) is 0 Å². The summed E-state index contributed by atoms with van der Waals surface area (Å²) in [4.78, 5) is 0. The number of hydrogen-bond donors (Lipinski definition) is 2. The van der Waals surface area contributed by atoms with Crippen molar-refractivity contribution in [2.75, 3.05) is 18.9 Å². The zero-order valence-corrected chi connectivity index (χ0v) is 7.70. The second kappa shape index (κ2) is 5.43. The van der Waals surface area contributed by atoms with Crippen LogP contribution in [-0.2, 0) is 0 Å². The summed E-state index contributed by atoms with van der Waals surface area (Å²) < 4.78 is 5.46. The normalized spacial score (nSPS) is 9.92. The molecule has 3 nitrogen and oxygen atoms in total. The maximum absolute atomic E-state index is 5.69. The molecule has 3 heteroatoms.